The predicted octanol–water partition coefficient (Wildman–Crippen LogP) is 2.86. The Balaban J connectivity index is 2.42. The Hall–Kier alpha value is -1.55. The number of benzene rings is 1. The molecule has 0 radical (unpaired) electrons. The van der Waals surface area contributed by atoms with Gasteiger partial charge in [-0.1, -0.05) is 26.0 Å². The highest BCUT2D eigenvalue weighted by Gasteiger charge is 2.31. The molecule has 0 aliphatic rings. The lowest BCUT2D eigenvalue weighted by Crippen LogP contribution is -2.49. The molecule has 4 heteroatoms. The lowest BCUT2D eigenvalue weighted by molar-refractivity contribution is -0.144. The van der Waals surface area contributed by atoms with Crippen molar-refractivity contribution in [3.63, 3.8) is 0 Å². The quantitative estimate of drug-likeness (QED) is 0.682. The molecule has 4 nitrogen and oxygen atoms in total. The Morgan fingerprint density at radius 2 is 2.15 bits per heavy atom. The summed E-state index contributed by atoms with van der Waals surface area (Å²) in [6, 6.07) is 8.01. The molecule has 0 aliphatic heterocycles. The molecule has 1 aromatic rings. The van der Waals surface area contributed by atoms with Crippen LogP contribution in [0, 0.1) is 0 Å². The van der Waals surface area contributed by atoms with Crippen LogP contribution in [-0.2, 0) is 11.2 Å². The molecule has 1 unspecified atom stereocenters. The van der Waals surface area contributed by atoms with E-state index in [0.29, 0.717) is 26.0 Å². The normalized spacial score (nSPS) is 13.8. The molecule has 0 aliphatic carbocycles. The maximum atomic E-state index is 11.3. The van der Waals surface area contributed by atoms with Gasteiger partial charge in [0.2, 0.25) is 0 Å². The number of hydrogen-bond donors (Lipinski definition) is 2. The Kier molecular flexibility index (Phi) is 6.52. The third kappa shape index (κ3) is 4.85. The molecule has 0 saturated heterocycles. The van der Waals surface area contributed by atoms with Crippen molar-refractivity contribution >= 4 is 5.97 Å². The number of hydrogen-bond acceptors (Lipinski definition) is 3. The summed E-state index contributed by atoms with van der Waals surface area (Å²) >= 11 is 0. The highest BCUT2D eigenvalue weighted by atomic mass is 16.5. The van der Waals surface area contributed by atoms with E-state index in [0.717, 1.165) is 12.2 Å². The molecule has 0 spiro atoms. The van der Waals surface area contributed by atoms with Crippen molar-refractivity contribution < 1.29 is 14.6 Å². The van der Waals surface area contributed by atoms with Crippen LogP contribution >= 0.6 is 0 Å². The van der Waals surface area contributed by atoms with Crippen LogP contribution in [-0.4, -0.2) is 29.8 Å². The lowest BCUT2D eigenvalue weighted by Gasteiger charge is -2.25. The van der Waals surface area contributed by atoms with Gasteiger partial charge in [-0.05, 0) is 50.4 Å². The van der Waals surface area contributed by atoms with Crippen LogP contribution in [0.3, 0.4) is 0 Å². The van der Waals surface area contributed by atoms with Gasteiger partial charge in [0, 0.05) is 0 Å². The van der Waals surface area contributed by atoms with Crippen LogP contribution in [0.4, 0.5) is 0 Å². The first-order chi connectivity index (χ1) is 9.51. The fraction of sp³-hybridized carbons (Fsp3) is 0.562. The van der Waals surface area contributed by atoms with Crippen molar-refractivity contribution in [3.8, 4) is 5.75 Å². The summed E-state index contributed by atoms with van der Waals surface area (Å²) in [7, 11) is 0. The number of aryl methyl sites for hydroxylation is 1. The monoisotopic (exact) mass is 279 g/mol. The Morgan fingerprint density at radius 1 is 1.40 bits per heavy atom. The number of rotatable bonds is 9. The zero-order valence-electron chi connectivity index (χ0n) is 12.6. The van der Waals surface area contributed by atoms with E-state index in [1.807, 2.05) is 25.1 Å². The highest BCUT2D eigenvalue weighted by Crippen LogP contribution is 2.16. The minimum atomic E-state index is -0.872. The van der Waals surface area contributed by atoms with Gasteiger partial charge in [0.1, 0.15) is 11.3 Å². The second kappa shape index (κ2) is 7.90. The third-order valence-corrected chi connectivity index (χ3v) is 3.44. The van der Waals surface area contributed by atoms with E-state index in [2.05, 4.69) is 18.3 Å². The molecule has 1 rings (SSSR count). The van der Waals surface area contributed by atoms with E-state index in [1.54, 1.807) is 6.92 Å². The molecular formula is C16H25NO3. The van der Waals surface area contributed by atoms with Gasteiger partial charge in [0.25, 0.3) is 0 Å². The fourth-order valence-electron chi connectivity index (χ4n) is 2.13. The number of carbonyl (C=O) groups is 1. The van der Waals surface area contributed by atoms with E-state index in [-0.39, 0.29) is 0 Å². The zero-order chi connectivity index (χ0) is 15.0. The lowest BCUT2D eigenvalue weighted by atomic mass is 9.96. The minimum absolute atomic E-state index is 0.529. The average molecular weight is 279 g/mol. The van der Waals surface area contributed by atoms with E-state index < -0.39 is 11.5 Å². The third-order valence-electron chi connectivity index (χ3n) is 3.44. The first kappa shape index (κ1) is 16.5. The number of aliphatic carboxylic acids is 1. The van der Waals surface area contributed by atoms with Gasteiger partial charge >= 0.3 is 5.97 Å². The fourth-order valence-corrected chi connectivity index (χ4v) is 2.13. The van der Waals surface area contributed by atoms with Crippen molar-refractivity contribution in [1.82, 2.24) is 5.32 Å². The Morgan fingerprint density at radius 3 is 2.75 bits per heavy atom. The SMILES string of the molecule is CCNC(C)(CCCOc1cccc(CC)c1)C(=O)O. The van der Waals surface area contributed by atoms with Crippen LogP contribution in [0.2, 0.25) is 0 Å². The average Bonchev–Trinajstić information content (AvgIpc) is 2.44. The summed E-state index contributed by atoms with van der Waals surface area (Å²) in [4.78, 5) is 11.3. The Labute approximate surface area is 121 Å². The standard InChI is InChI=1S/C16H25NO3/c1-4-13-8-6-9-14(12-13)20-11-7-10-16(3,15(18)19)17-5-2/h6,8-9,12,17H,4-5,7,10-11H2,1-3H3,(H,18,19). The van der Waals surface area contributed by atoms with E-state index >= 15 is 0 Å². The molecular weight excluding hydrogens is 254 g/mol. The maximum absolute atomic E-state index is 11.3. The molecule has 0 amide bonds. The van der Waals surface area contributed by atoms with Gasteiger partial charge in [-0.15, -0.1) is 0 Å². The number of nitrogens with one attached hydrogen (secondary N) is 1. The molecule has 0 aromatic heterocycles. The van der Waals surface area contributed by atoms with Gasteiger partial charge in [0.05, 0.1) is 6.61 Å². The van der Waals surface area contributed by atoms with Gasteiger partial charge < -0.3 is 15.2 Å². The van der Waals surface area contributed by atoms with Crippen molar-refractivity contribution in [2.75, 3.05) is 13.2 Å². The van der Waals surface area contributed by atoms with Gasteiger partial charge in [-0.2, -0.15) is 0 Å². The molecule has 0 fully saturated rings. The molecule has 0 heterocycles. The molecule has 2 N–H and O–H groups in total. The molecule has 1 atom stereocenters. The minimum Gasteiger partial charge on any atom is -0.494 e. The molecule has 0 saturated carbocycles. The largest absolute Gasteiger partial charge is 0.494 e. The summed E-state index contributed by atoms with van der Waals surface area (Å²) in [6.07, 6.45) is 2.23. The topological polar surface area (TPSA) is 58.6 Å². The van der Waals surface area contributed by atoms with Crippen LogP contribution in [0.15, 0.2) is 24.3 Å². The molecule has 112 valence electrons. The van der Waals surface area contributed by atoms with E-state index in [4.69, 9.17) is 4.74 Å². The summed E-state index contributed by atoms with van der Waals surface area (Å²) in [5.41, 5.74) is 0.370. The molecule has 20 heavy (non-hydrogen) atoms. The first-order valence-electron chi connectivity index (χ1n) is 7.22. The van der Waals surface area contributed by atoms with E-state index in [1.165, 1.54) is 5.56 Å². The summed E-state index contributed by atoms with van der Waals surface area (Å²) in [6.45, 7) is 6.90. The summed E-state index contributed by atoms with van der Waals surface area (Å²) in [5, 5.41) is 12.3. The van der Waals surface area contributed by atoms with Crippen LogP contribution < -0.4 is 10.1 Å². The Bertz CT molecular complexity index is 433. The highest BCUT2D eigenvalue weighted by molar-refractivity contribution is 5.78. The van der Waals surface area contributed by atoms with Crippen molar-refractivity contribution in [2.45, 2.75) is 45.6 Å². The summed E-state index contributed by atoms with van der Waals surface area (Å²) < 4.78 is 5.68. The van der Waals surface area contributed by atoms with Crippen LogP contribution in [0.25, 0.3) is 0 Å². The molecule has 0 bridgehead atoms. The van der Waals surface area contributed by atoms with Crippen LogP contribution in [0.1, 0.15) is 39.2 Å². The van der Waals surface area contributed by atoms with Crippen molar-refractivity contribution in [1.29, 1.82) is 0 Å². The zero-order valence-corrected chi connectivity index (χ0v) is 12.6. The number of likely N-dealkylation sites (N-methyl/N-ethyl adjacent to an activating group) is 1. The summed E-state index contributed by atoms with van der Waals surface area (Å²) in [5.74, 6) is 0.0390. The predicted molar refractivity (Wildman–Crippen MR) is 80.3 cm³/mol. The van der Waals surface area contributed by atoms with Crippen molar-refractivity contribution in [3.05, 3.63) is 29.8 Å². The second-order valence-corrected chi connectivity index (χ2v) is 5.12. The van der Waals surface area contributed by atoms with E-state index in [9.17, 15) is 9.90 Å². The number of carboxylic acid groups (broad SMARTS) is 1. The number of carboxylic acids is 1. The van der Waals surface area contributed by atoms with Gasteiger partial charge in [-0.3, -0.25) is 4.79 Å². The van der Waals surface area contributed by atoms with Crippen molar-refractivity contribution in [2.24, 2.45) is 0 Å². The van der Waals surface area contributed by atoms with Crippen LogP contribution in [0.5, 0.6) is 5.75 Å². The molecule has 1 aromatic carbocycles. The smallest absolute Gasteiger partial charge is 0.323 e. The van der Waals surface area contributed by atoms with Gasteiger partial charge in [-0.25, -0.2) is 0 Å². The second-order valence-electron chi connectivity index (χ2n) is 5.12. The number of ether oxygens (including phenoxy) is 1. The maximum Gasteiger partial charge on any atom is 0.323 e. The van der Waals surface area contributed by atoms with Gasteiger partial charge in [0.15, 0.2) is 0 Å². The first-order valence-corrected chi connectivity index (χ1v) is 7.22.